The summed E-state index contributed by atoms with van der Waals surface area (Å²) in [6.45, 7) is 1.99. The SMILES string of the molecule is Cc1cccc([11C](=O)c2ccccc2)c1. The van der Waals surface area contributed by atoms with E-state index in [2.05, 4.69) is 0 Å². The summed E-state index contributed by atoms with van der Waals surface area (Å²) in [5, 5.41) is 0. The van der Waals surface area contributed by atoms with E-state index in [1.54, 1.807) is 0 Å². The first-order chi connectivity index (χ1) is 7.27. The van der Waals surface area contributed by atoms with Gasteiger partial charge in [0.2, 0.25) is 0 Å². The molecule has 15 heavy (non-hydrogen) atoms. The molecular formula is C14H12O. The van der Waals surface area contributed by atoms with Crippen molar-refractivity contribution in [3.05, 3.63) is 71.3 Å². The van der Waals surface area contributed by atoms with Gasteiger partial charge < -0.3 is 0 Å². The number of carbonyl (C=O) groups excluding carboxylic acids is 1. The Morgan fingerprint density at radius 3 is 2.20 bits per heavy atom. The van der Waals surface area contributed by atoms with Gasteiger partial charge in [0.1, 0.15) is 0 Å². The average molecular weight is 195 g/mol. The highest BCUT2D eigenvalue weighted by Gasteiger charge is 2.07. The number of hydrogen-bond donors (Lipinski definition) is 0. The van der Waals surface area contributed by atoms with Gasteiger partial charge in [-0.25, -0.2) is 0 Å². The van der Waals surface area contributed by atoms with Gasteiger partial charge in [0.05, 0.1) is 0 Å². The molecule has 1 nitrogen and oxygen atoms in total. The molecule has 0 bridgehead atoms. The number of aryl methyl sites for hydroxylation is 1. The highest BCUT2D eigenvalue weighted by Crippen LogP contribution is 2.10. The van der Waals surface area contributed by atoms with Crippen LogP contribution in [0.3, 0.4) is 0 Å². The molecule has 0 atom stereocenters. The van der Waals surface area contributed by atoms with Gasteiger partial charge in [0, 0.05) is 11.1 Å². The van der Waals surface area contributed by atoms with E-state index in [9.17, 15) is 4.79 Å². The van der Waals surface area contributed by atoms with E-state index < -0.39 is 0 Å². The lowest BCUT2D eigenvalue weighted by molar-refractivity contribution is 0.103. The van der Waals surface area contributed by atoms with Crippen LogP contribution in [0.1, 0.15) is 21.5 Å². The molecule has 2 aromatic carbocycles. The van der Waals surface area contributed by atoms with Gasteiger partial charge in [0.15, 0.2) is 5.78 Å². The second-order valence-corrected chi connectivity index (χ2v) is 3.56. The van der Waals surface area contributed by atoms with Gasteiger partial charge in [-0.1, -0.05) is 54.1 Å². The summed E-state index contributed by atoms with van der Waals surface area (Å²) in [6, 6.07) is 17.0. The maximum Gasteiger partial charge on any atom is 0.193 e. The van der Waals surface area contributed by atoms with Crippen LogP contribution in [0.5, 0.6) is 0 Å². The third-order valence-electron chi connectivity index (χ3n) is 2.32. The quantitative estimate of drug-likeness (QED) is 0.672. The Balaban J connectivity index is 2.37. The predicted molar refractivity (Wildman–Crippen MR) is 61.1 cm³/mol. The van der Waals surface area contributed by atoms with E-state index in [0.29, 0.717) is 0 Å². The van der Waals surface area contributed by atoms with Gasteiger partial charge in [-0.3, -0.25) is 4.79 Å². The van der Waals surface area contributed by atoms with Crippen LogP contribution in [-0.2, 0) is 0 Å². The number of hydrogen-bond acceptors (Lipinski definition) is 1. The molecule has 0 unspecified atom stereocenters. The van der Waals surface area contributed by atoms with Gasteiger partial charge in [-0.2, -0.15) is 0 Å². The minimum Gasteiger partial charge on any atom is -0.289 e. The number of benzene rings is 2. The second kappa shape index (κ2) is 4.09. The fourth-order valence-corrected chi connectivity index (χ4v) is 1.54. The van der Waals surface area contributed by atoms with E-state index in [-0.39, 0.29) is 5.78 Å². The van der Waals surface area contributed by atoms with Crippen LogP contribution in [0.4, 0.5) is 0 Å². The van der Waals surface area contributed by atoms with Crippen LogP contribution < -0.4 is 0 Å². The Labute approximate surface area is 89.4 Å². The molecule has 0 aliphatic rings. The first kappa shape index (κ1) is 9.66. The number of rotatable bonds is 2. The lowest BCUT2D eigenvalue weighted by Gasteiger charge is -2.01. The van der Waals surface area contributed by atoms with Crippen molar-refractivity contribution in [1.29, 1.82) is 0 Å². The Morgan fingerprint density at radius 1 is 0.867 bits per heavy atom. The Kier molecular flexibility index (Phi) is 2.64. The zero-order chi connectivity index (χ0) is 10.7. The molecule has 2 rings (SSSR count). The molecule has 0 fully saturated rings. The molecule has 0 aliphatic heterocycles. The monoisotopic (exact) mass is 195 g/mol. The van der Waals surface area contributed by atoms with Crippen LogP contribution in [-0.4, -0.2) is 5.78 Å². The van der Waals surface area contributed by atoms with Gasteiger partial charge >= 0.3 is 0 Å². The van der Waals surface area contributed by atoms with Crippen molar-refractivity contribution >= 4 is 5.78 Å². The van der Waals surface area contributed by atoms with Crippen LogP contribution in [0.2, 0.25) is 0 Å². The van der Waals surface area contributed by atoms with Crippen molar-refractivity contribution in [3.63, 3.8) is 0 Å². The van der Waals surface area contributed by atoms with Crippen molar-refractivity contribution in [2.75, 3.05) is 0 Å². The lowest BCUT2D eigenvalue weighted by Crippen LogP contribution is -2.00. The minimum absolute atomic E-state index is 0.0827. The van der Waals surface area contributed by atoms with Crippen LogP contribution in [0.25, 0.3) is 0 Å². The molecular weight excluding hydrogens is 183 g/mol. The average Bonchev–Trinajstić information content (AvgIpc) is 2.29. The first-order valence-electron chi connectivity index (χ1n) is 4.94. The Hall–Kier alpha value is -1.89. The zero-order valence-electron chi connectivity index (χ0n) is 8.60. The maximum atomic E-state index is 12.0. The van der Waals surface area contributed by atoms with Gasteiger partial charge in [-0.15, -0.1) is 0 Å². The molecule has 0 saturated heterocycles. The van der Waals surface area contributed by atoms with E-state index in [1.165, 1.54) is 0 Å². The minimum atomic E-state index is 0.0827. The van der Waals surface area contributed by atoms with Crippen molar-refractivity contribution in [2.45, 2.75) is 6.92 Å². The maximum absolute atomic E-state index is 12.0. The molecule has 1 heteroatoms. The van der Waals surface area contributed by atoms with Crippen molar-refractivity contribution in [2.24, 2.45) is 0 Å². The molecule has 0 saturated carbocycles. The molecule has 2 aromatic rings. The lowest BCUT2D eigenvalue weighted by atomic mass is 9.70. The molecule has 0 N–H and O–H groups in total. The zero-order valence-corrected chi connectivity index (χ0v) is 8.60. The number of carbonyl (C=O) groups is 1. The Bertz CT molecular complexity index is 472. The summed E-state index contributed by atoms with van der Waals surface area (Å²) in [7, 11) is 0. The molecule has 0 amide bonds. The van der Waals surface area contributed by atoms with Gasteiger partial charge in [-0.05, 0) is 13.0 Å². The summed E-state index contributed by atoms with van der Waals surface area (Å²) in [5.74, 6) is 0.0827. The van der Waals surface area contributed by atoms with E-state index in [4.69, 9.17) is 0 Å². The van der Waals surface area contributed by atoms with Crippen LogP contribution >= 0.6 is 0 Å². The van der Waals surface area contributed by atoms with Crippen molar-refractivity contribution in [1.82, 2.24) is 0 Å². The summed E-state index contributed by atoms with van der Waals surface area (Å²) in [6.07, 6.45) is 0. The van der Waals surface area contributed by atoms with E-state index >= 15 is 0 Å². The topological polar surface area (TPSA) is 17.1 Å². The van der Waals surface area contributed by atoms with Crippen molar-refractivity contribution in [3.8, 4) is 0 Å². The summed E-state index contributed by atoms with van der Waals surface area (Å²) < 4.78 is 0. The summed E-state index contributed by atoms with van der Waals surface area (Å²) >= 11 is 0. The number of ketones is 1. The van der Waals surface area contributed by atoms with E-state index in [0.717, 1.165) is 16.7 Å². The molecule has 0 radical (unpaired) electrons. The summed E-state index contributed by atoms with van der Waals surface area (Å²) in [5.41, 5.74) is 2.60. The molecule has 0 heterocycles. The third-order valence-corrected chi connectivity index (χ3v) is 2.32. The highest BCUT2D eigenvalue weighted by molar-refractivity contribution is 6.09. The van der Waals surface area contributed by atoms with Crippen molar-refractivity contribution < 1.29 is 4.79 Å². The fraction of sp³-hybridized carbons (Fsp3) is 0.0714. The smallest absolute Gasteiger partial charge is 0.193 e. The predicted octanol–water partition coefficient (Wildman–Crippen LogP) is 3.23. The van der Waals surface area contributed by atoms with Gasteiger partial charge in [0.25, 0.3) is 0 Å². The van der Waals surface area contributed by atoms with Crippen LogP contribution in [0.15, 0.2) is 54.6 Å². The molecule has 0 spiro atoms. The summed E-state index contributed by atoms with van der Waals surface area (Å²) in [4.78, 5) is 12.0. The van der Waals surface area contributed by atoms with Crippen LogP contribution in [0, 0.1) is 6.92 Å². The second-order valence-electron chi connectivity index (χ2n) is 3.56. The highest BCUT2D eigenvalue weighted by atomic mass is 16.1. The van der Waals surface area contributed by atoms with E-state index in [1.807, 2.05) is 61.5 Å². The third kappa shape index (κ3) is 2.13. The largest absolute Gasteiger partial charge is 0.289 e. The molecule has 0 aromatic heterocycles. The Morgan fingerprint density at radius 2 is 1.53 bits per heavy atom. The molecule has 0 aliphatic carbocycles. The molecule has 74 valence electrons. The normalized spacial score (nSPS) is 9.93. The standard InChI is InChI=1S/C14H12O/c1-11-6-5-9-13(10-11)14(15)12-7-3-2-4-8-12/h2-10H,1H3/i14-1. The first-order valence-corrected chi connectivity index (χ1v) is 4.94. The fourth-order valence-electron chi connectivity index (χ4n) is 1.54.